The lowest BCUT2D eigenvalue weighted by Gasteiger charge is -2.16. The van der Waals surface area contributed by atoms with Gasteiger partial charge in [0.05, 0.1) is 5.39 Å². The minimum Gasteiger partial charge on any atom is -0.340 e. The second-order valence-corrected chi connectivity index (χ2v) is 9.04. The standard InChI is InChI=1S/C23H20BrN3S/c1-14-6-9-18(11-20(14)24)27-22-21-19(12-28-23(21)26-13-25-22)17-8-7-15-4-2-3-5-16(15)10-17/h6-13H,2-5H2,1H3,(H,25,26,27). The molecule has 0 aliphatic heterocycles. The Hall–Kier alpha value is -2.24. The molecule has 0 saturated heterocycles. The number of anilines is 2. The second-order valence-electron chi connectivity index (χ2n) is 7.33. The predicted molar refractivity (Wildman–Crippen MR) is 122 cm³/mol. The molecule has 1 aliphatic rings. The molecule has 1 N–H and O–H groups in total. The van der Waals surface area contributed by atoms with E-state index in [-0.39, 0.29) is 0 Å². The summed E-state index contributed by atoms with van der Waals surface area (Å²) in [5, 5.41) is 6.80. The van der Waals surface area contributed by atoms with E-state index < -0.39 is 0 Å². The van der Waals surface area contributed by atoms with Crippen molar-refractivity contribution in [1.29, 1.82) is 0 Å². The van der Waals surface area contributed by atoms with Crippen molar-refractivity contribution >= 4 is 49.0 Å². The van der Waals surface area contributed by atoms with E-state index >= 15 is 0 Å². The fraction of sp³-hybridized carbons (Fsp3) is 0.217. The van der Waals surface area contributed by atoms with Crippen molar-refractivity contribution in [3.63, 3.8) is 0 Å². The number of fused-ring (bicyclic) bond motifs is 2. The normalized spacial score (nSPS) is 13.5. The number of hydrogen-bond donors (Lipinski definition) is 1. The van der Waals surface area contributed by atoms with Crippen LogP contribution in [0.2, 0.25) is 0 Å². The van der Waals surface area contributed by atoms with Crippen LogP contribution in [0.3, 0.4) is 0 Å². The highest BCUT2D eigenvalue weighted by atomic mass is 79.9. The summed E-state index contributed by atoms with van der Waals surface area (Å²) in [6.07, 6.45) is 6.63. The van der Waals surface area contributed by atoms with E-state index in [1.165, 1.54) is 53.5 Å². The lowest BCUT2D eigenvalue weighted by atomic mass is 9.89. The Morgan fingerprint density at radius 1 is 1.00 bits per heavy atom. The molecule has 3 nitrogen and oxygen atoms in total. The van der Waals surface area contributed by atoms with E-state index in [4.69, 9.17) is 0 Å². The molecular formula is C23H20BrN3S. The number of aromatic nitrogens is 2. The van der Waals surface area contributed by atoms with Crippen molar-refractivity contribution in [2.75, 3.05) is 5.32 Å². The van der Waals surface area contributed by atoms with Crippen LogP contribution in [-0.4, -0.2) is 9.97 Å². The zero-order valence-electron chi connectivity index (χ0n) is 15.6. The molecule has 140 valence electrons. The summed E-state index contributed by atoms with van der Waals surface area (Å²) >= 11 is 5.29. The van der Waals surface area contributed by atoms with Crippen LogP contribution in [0.5, 0.6) is 0 Å². The van der Waals surface area contributed by atoms with Crippen LogP contribution in [0.1, 0.15) is 29.5 Å². The SMILES string of the molecule is Cc1ccc(Nc2ncnc3scc(-c4ccc5c(c4)CCCC5)c23)cc1Br. The van der Waals surface area contributed by atoms with Gasteiger partial charge in [0.1, 0.15) is 17.0 Å². The number of halogens is 1. The molecule has 5 rings (SSSR count). The molecule has 0 fully saturated rings. The first-order chi connectivity index (χ1) is 13.7. The Morgan fingerprint density at radius 2 is 1.86 bits per heavy atom. The summed E-state index contributed by atoms with van der Waals surface area (Å²) in [6.45, 7) is 2.09. The smallest absolute Gasteiger partial charge is 0.143 e. The van der Waals surface area contributed by atoms with Gasteiger partial charge in [0, 0.05) is 21.1 Å². The van der Waals surface area contributed by atoms with E-state index in [0.717, 1.165) is 26.2 Å². The van der Waals surface area contributed by atoms with Gasteiger partial charge < -0.3 is 5.32 Å². The van der Waals surface area contributed by atoms with Crippen molar-refractivity contribution in [3.05, 3.63) is 69.3 Å². The molecule has 0 unspecified atom stereocenters. The number of nitrogens with zero attached hydrogens (tertiary/aromatic N) is 2. The number of rotatable bonds is 3. The Morgan fingerprint density at radius 3 is 2.71 bits per heavy atom. The monoisotopic (exact) mass is 449 g/mol. The largest absolute Gasteiger partial charge is 0.340 e. The van der Waals surface area contributed by atoms with Gasteiger partial charge in [0.15, 0.2) is 0 Å². The van der Waals surface area contributed by atoms with E-state index in [1.807, 2.05) is 0 Å². The van der Waals surface area contributed by atoms with Gasteiger partial charge in [-0.25, -0.2) is 9.97 Å². The Labute approximate surface area is 177 Å². The lowest BCUT2D eigenvalue weighted by molar-refractivity contribution is 0.686. The van der Waals surface area contributed by atoms with E-state index in [2.05, 4.69) is 79.9 Å². The van der Waals surface area contributed by atoms with Gasteiger partial charge in [0.2, 0.25) is 0 Å². The van der Waals surface area contributed by atoms with E-state index in [1.54, 1.807) is 17.7 Å². The third kappa shape index (κ3) is 3.23. The number of thiophene rings is 1. The third-order valence-electron chi connectivity index (χ3n) is 5.46. The predicted octanol–water partition coefficient (Wildman–Crippen LogP) is 7.05. The van der Waals surface area contributed by atoms with Gasteiger partial charge in [-0.2, -0.15) is 0 Å². The number of aryl methyl sites for hydroxylation is 3. The van der Waals surface area contributed by atoms with Crippen molar-refractivity contribution in [2.24, 2.45) is 0 Å². The van der Waals surface area contributed by atoms with Crippen LogP contribution in [0.25, 0.3) is 21.3 Å². The van der Waals surface area contributed by atoms with Gasteiger partial charge >= 0.3 is 0 Å². The van der Waals surface area contributed by atoms with Crippen LogP contribution in [0, 0.1) is 6.92 Å². The van der Waals surface area contributed by atoms with Gasteiger partial charge in [-0.15, -0.1) is 11.3 Å². The quantitative estimate of drug-likeness (QED) is 0.363. The average Bonchev–Trinajstić information content (AvgIpc) is 3.16. The molecule has 0 saturated carbocycles. The first kappa shape index (κ1) is 17.8. The van der Waals surface area contributed by atoms with Crippen LogP contribution in [-0.2, 0) is 12.8 Å². The molecule has 0 bridgehead atoms. The van der Waals surface area contributed by atoms with E-state index in [0.29, 0.717) is 0 Å². The van der Waals surface area contributed by atoms with E-state index in [9.17, 15) is 0 Å². The average molecular weight is 450 g/mol. The minimum atomic E-state index is 0.856. The molecule has 0 spiro atoms. The Balaban J connectivity index is 1.60. The molecule has 0 amide bonds. The van der Waals surface area contributed by atoms with Gasteiger partial charge in [-0.05, 0) is 67.0 Å². The molecule has 2 aromatic heterocycles. The number of hydrogen-bond acceptors (Lipinski definition) is 4. The van der Waals surface area contributed by atoms with Gasteiger partial charge in [-0.3, -0.25) is 0 Å². The van der Waals surface area contributed by atoms with Gasteiger partial charge in [-0.1, -0.05) is 40.2 Å². The zero-order valence-corrected chi connectivity index (χ0v) is 18.0. The highest BCUT2D eigenvalue weighted by Gasteiger charge is 2.16. The fourth-order valence-electron chi connectivity index (χ4n) is 3.89. The molecule has 4 aromatic rings. The molecule has 2 aromatic carbocycles. The molecule has 2 heterocycles. The van der Waals surface area contributed by atoms with Crippen molar-refractivity contribution in [3.8, 4) is 11.1 Å². The molecule has 5 heteroatoms. The van der Waals surface area contributed by atoms with Crippen molar-refractivity contribution in [2.45, 2.75) is 32.6 Å². The van der Waals surface area contributed by atoms with Crippen LogP contribution in [0.4, 0.5) is 11.5 Å². The van der Waals surface area contributed by atoms with Crippen LogP contribution < -0.4 is 5.32 Å². The molecule has 0 radical (unpaired) electrons. The highest BCUT2D eigenvalue weighted by Crippen LogP contribution is 2.39. The second kappa shape index (κ2) is 7.30. The zero-order chi connectivity index (χ0) is 19.1. The summed E-state index contributed by atoms with van der Waals surface area (Å²) in [5.74, 6) is 0.856. The van der Waals surface area contributed by atoms with Crippen molar-refractivity contribution in [1.82, 2.24) is 9.97 Å². The first-order valence-electron chi connectivity index (χ1n) is 9.56. The number of nitrogens with one attached hydrogen (secondary N) is 1. The van der Waals surface area contributed by atoms with Gasteiger partial charge in [0.25, 0.3) is 0 Å². The summed E-state index contributed by atoms with van der Waals surface area (Å²) in [4.78, 5) is 10.1. The Bertz CT molecular complexity index is 1180. The van der Waals surface area contributed by atoms with Crippen molar-refractivity contribution < 1.29 is 0 Å². The minimum absolute atomic E-state index is 0.856. The summed E-state index contributed by atoms with van der Waals surface area (Å²) in [5.41, 5.74) is 7.70. The lowest BCUT2D eigenvalue weighted by Crippen LogP contribution is -2.02. The highest BCUT2D eigenvalue weighted by molar-refractivity contribution is 9.10. The maximum Gasteiger partial charge on any atom is 0.143 e. The summed E-state index contributed by atoms with van der Waals surface area (Å²) in [7, 11) is 0. The summed E-state index contributed by atoms with van der Waals surface area (Å²) in [6, 6.07) is 13.2. The molecule has 1 aliphatic carbocycles. The first-order valence-corrected chi connectivity index (χ1v) is 11.2. The molecule has 0 atom stereocenters. The maximum absolute atomic E-state index is 4.57. The third-order valence-corrected chi connectivity index (χ3v) is 7.20. The Kier molecular flexibility index (Phi) is 4.65. The fourth-order valence-corrected chi connectivity index (χ4v) is 5.19. The number of benzene rings is 2. The van der Waals surface area contributed by atoms with Crippen LogP contribution in [0.15, 0.2) is 52.6 Å². The van der Waals surface area contributed by atoms with Crippen LogP contribution >= 0.6 is 27.3 Å². The summed E-state index contributed by atoms with van der Waals surface area (Å²) < 4.78 is 1.09. The molecular weight excluding hydrogens is 430 g/mol. The molecule has 28 heavy (non-hydrogen) atoms. The maximum atomic E-state index is 4.57. The topological polar surface area (TPSA) is 37.8 Å².